The maximum atomic E-state index is 12.5. The number of aliphatic hydroxyl groups is 1. The maximum absolute atomic E-state index is 12.5. The zero-order chi connectivity index (χ0) is 19.4. The number of carbonyl (C=O) groups excluding carboxylic acids is 1. The highest BCUT2D eigenvalue weighted by Gasteiger charge is 2.64. The Hall–Kier alpha value is -2.55. The van der Waals surface area contributed by atoms with Crippen LogP contribution >= 0.6 is 0 Å². The molecular weight excluding hydrogens is 344 g/mol. The molecule has 1 aromatic rings. The van der Waals surface area contributed by atoms with Gasteiger partial charge in [0.15, 0.2) is 0 Å². The minimum absolute atomic E-state index is 0.0788. The molecule has 3 rings (SSSR count). The standard InChI is InChI=1S/C17H20N2O7/c1-16(2)12-7-14(17(3,21)8-13(12)16)26-15(20)9-4-10(18(22)23)6-11(5-9)19(24)25/h4-6,12-14,21H,7-8H2,1-3H3. The van der Waals surface area contributed by atoms with E-state index in [1.165, 1.54) is 0 Å². The van der Waals surface area contributed by atoms with E-state index in [2.05, 4.69) is 13.8 Å². The Morgan fingerprint density at radius 2 is 1.65 bits per heavy atom. The molecule has 2 saturated carbocycles. The maximum Gasteiger partial charge on any atom is 0.339 e. The molecule has 9 nitrogen and oxygen atoms in total. The minimum atomic E-state index is -1.21. The Morgan fingerprint density at radius 1 is 1.12 bits per heavy atom. The molecule has 2 aliphatic carbocycles. The number of hydrogen-bond donors (Lipinski definition) is 1. The molecule has 26 heavy (non-hydrogen) atoms. The van der Waals surface area contributed by atoms with Crippen LogP contribution in [0.25, 0.3) is 0 Å². The highest BCUT2D eigenvalue weighted by molar-refractivity contribution is 5.91. The van der Waals surface area contributed by atoms with Gasteiger partial charge < -0.3 is 9.84 Å². The van der Waals surface area contributed by atoms with Crippen LogP contribution in [0.3, 0.4) is 0 Å². The van der Waals surface area contributed by atoms with Crippen LogP contribution in [0, 0.1) is 37.5 Å². The van der Waals surface area contributed by atoms with Gasteiger partial charge in [0.05, 0.1) is 27.1 Å². The average Bonchev–Trinajstić information content (AvgIpc) is 3.05. The Morgan fingerprint density at radius 3 is 2.15 bits per heavy atom. The van der Waals surface area contributed by atoms with E-state index in [0.717, 1.165) is 18.2 Å². The summed E-state index contributed by atoms with van der Waals surface area (Å²) in [6.07, 6.45) is 0.224. The molecule has 0 radical (unpaired) electrons. The van der Waals surface area contributed by atoms with Crippen LogP contribution in [0.4, 0.5) is 11.4 Å². The predicted octanol–water partition coefficient (Wildman–Crippen LogP) is 2.85. The number of esters is 1. The monoisotopic (exact) mass is 364 g/mol. The average molecular weight is 364 g/mol. The van der Waals surface area contributed by atoms with Gasteiger partial charge in [0.1, 0.15) is 6.10 Å². The molecular formula is C17H20N2O7. The fraction of sp³-hybridized carbons (Fsp3) is 0.588. The predicted molar refractivity (Wildman–Crippen MR) is 89.6 cm³/mol. The molecule has 4 atom stereocenters. The quantitative estimate of drug-likeness (QED) is 0.493. The van der Waals surface area contributed by atoms with Crippen molar-refractivity contribution in [3.8, 4) is 0 Å². The van der Waals surface area contributed by atoms with E-state index in [1.807, 2.05) is 0 Å². The molecule has 2 fully saturated rings. The summed E-state index contributed by atoms with van der Waals surface area (Å²) in [6.45, 7) is 5.81. The van der Waals surface area contributed by atoms with Gasteiger partial charge in [-0.15, -0.1) is 0 Å². The fourth-order valence-electron chi connectivity index (χ4n) is 4.09. The van der Waals surface area contributed by atoms with E-state index >= 15 is 0 Å². The first-order valence-corrected chi connectivity index (χ1v) is 8.30. The second-order valence-corrected chi connectivity index (χ2v) is 7.98. The van der Waals surface area contributed by atoms with Gasteiger partial charge in [0.25, 0.3) is 11.4 Å². The molecule has 4 unspecified atom stereocenters. The van der Waals surface area contributed by atoms with Gasteiger partial charge in [-0.25, -0.2) is 4.79 Å². The molecule has 2 aliphatic rings. The summed E-state index contributed by atoms with van der Waals surface area (Å²) in [4.78, 5) is 32.7. The Kier molecular flexibility index (Phi) is 4.02. The Bertz CT molecular complexity index is 770. The highest BCUT2D eigenvalue weighted by Crippen LogP contribution is 2.66. The van der Waals surface area contributed by atoms with Crippen LogP contribution < -0.4 is 0 Å². The second kappa shape index (κ2) is 5.73. The van der Waals surface area contributed by atoms with Gasteiger partial charge in [-0.05, 0) is 37.0 Å². The molecule has 0 bridgehead atoms. The third-order valence-electron chi connectivity index (χ3n) is 5.89. The van der Waals surface area contributed by atoms with Crippen LogP contribution in [0.15, 0.2) is 18.2 Å². The summed E-state index contributed by atoms with van der Waals surface area (Å²) in [6, 6.07) is 2.67. The van der Waals surface area contributed by atoms with Gasteiger partial charge in [0, 0.05) is 12.1 Å². The Balaban J connectivity index is 1.84. The number of benzene rings is 1. The van der Waals surface area contributed by atoms with E-state index in [1.54, 1.807) is 6.92 Å². The van der Waals surface area contributed by atoms with Crippen molar-refractivity contribution in [1.29, 1.82) is 0 Å². The van der Waals surface area contributed by atoms with Crippen LogP contribution in [0.2, 0.25) is 0 Å². The van der Waals surface area contributed by atoms with Crippen molar-refractivity contribution in [1.82, 2.24) is 0 Å². The largest absolute Gasteiger partial charge is 0.456 e. The lowest BCUT2D eigenvalue weighted by molar-refractivity contribution is -0.394. The minimum Gasteiger partial charge on any atom is -0.456 e. The molecule has 140 valence electrons. The third kappa shape index (κ3) is 3.03. The first kappa shape index (κ1) is 18.2. The van der Waals surface area contributed by atoms with Crippen molar-refractivity contribution in [2.45, 2.75) is 45.3 Å². The van der Waals surface area contributed by atoms with Crippen molar-refractivity contribution in [2.24, 2.45) is 17.3 Å². The zero-order valence-corrected chi connectivity index (χ0v) is 14.7. The van der Waals surface area contributed by atoms with Gasteiger partial charge in [-0.1, -0.05) is 13.8 Å². The van der Waals surface area contributed by atoms with Crippen LogP contribution in [-0.4, -0.2) is 32.6 Å². The lowest BCUT2D eigenvalue weighted by atomic mass is 9.83. The van der Waals surface area contributed by atoms with Crippen LogP contribution in [0.1, 0.15) is 44.0 Å². The number of non-ortho nitro benzene ring substituents is 2. The van der Waals surface area contributed by atoms with E-state index in [4.69, 9.17) is 4.74 Å². The molecule has 1 N–H and O–H groups in total. The third-order valence-corrected chi connectivity index (χ3v) is 5.89. The Labute approximate surface area is 149 Å². The number of carbonyl (C=O) groups is 1. The highest BCUT2D eigenvalue weighted by atomic mass is 16.6. The van der Waals surface area contributed by atoms with E-state index < -0.39 is 38.9 Å². The first-order chi connectivity index (χ1) is 11.9. The number of nitrogens with zero attached hydrogens (tertiary/aromatic N) is 2. The van der Waals surface area contributed by atoms with Crippen molar-refractivity contribution >= 4 is 17.3 Å². The van der Waals surface area contributed by atoms with Gasteiger partial charge >= 0.3 is 5.97 Å². The lowest BCUT2D eigenvalue weighted by Crippen LogP contribution is -2.45. The first-order valence-electron chi connectivity index (χ1n) is 8.30. The van der Waals surface area contributed by atoms with E-state index in [9.17, 15) is 30.1 Å². The lowest BCUT2D eigenvalue weighted by Gasteiger charge is -2.35. The zero-order valence-electron chi connectivity index (χ0n) is 14.7. The summed E-state index contributed by atoms with van der Waals surface area (Å²) < 4.78 is 5.42. The van der Waals surface area contributed by atoms with Crippen molar-refractivity contribution in [3.05, 3.63) is 44.0 Å². The van der Waals surface area contributed by atoms with Gasteiger partial charge in [-0.3, -0.25) is 20.2 Å². The van der Waals surface area contributed by atoms with Gasteiger partial charge in [0.2, 0.25) is 0 Å². The smallest absolute Gasteiger partial charge is 0.339 e. The molecule has 0 aliphatic heterocycles. The molecule has 0 amide bonds. The normalized spacial score (nSPS) is 31.6. The second-order valence-electron chi connectivity index (χ2n) is 7.98. The van der Waals surface area contributed by atoms with E-state index in [-0.39, 0.29) is 11.0 Å². The number of rotatable bonds is 4. The molecule has 9 heteroatoms. The summed E-state index contributed by atoms with van der Waals surface area (Å²) >= 11 is 0. The molecule has 0 saturated heterocycles. The molecule has 0 heterocycles. The van der Waals surface area contributed by atoms with Crippen molar-refractivity contribution < 1.29 is 24.5 Å². The summed E-state index contributed by atoms with van der Waals surface area (Å²) in [5.41, 5.74) is -2.54. The number of nitro groups is 2. The number of ether oxygens (including phenoxy) is 1. The topological polar surface area (TPSA) is 133 Å². The summed E-state index contributed by atoms with van der Waals surface area (Å²) in [5, 5.41) is 32.6. The molecule has 0 aromatic heterocycles. The van der Waals surface area contributed by atoms with Crippen molar-refractivity contribution in [3.63, 3.8) is 0 Å². The van der Waals surface area contributed by atoms with Crippen molar-refractivity contribution in [2.75, 3.05) is 0 Å². The van der Waals surface area contributed by atoms with Gasteiger partial charge in [-0.2, -0.15) is 0 Å². The van der Waals surface area contributed by atoms with Crippen LogP contribution in [-0.2, 0) is 4.74 Å². The van der Waals surface area contributed by atoms with Crippen LogP contribution in [0.5, 0.6) is 0 Å². The number of hydrogen-bond acceptors (Lipinski definition) is 7. The summed E-state index contributed by atoms with van der Waals surface area (Å²) in [7, 11) is 0. The molecule has 0 spiro atoms. The van der Waals surface area contributed by atoms with E-state index in [0.29, 0.717) is 24.7 Å². The SMILES string of the molecule is CC1(O)CC2C(CC1OC(=O)c1cc([N+](=O)[O-])cc([N+](=O)[O-])c1)C2(C)C. The number of fused-ring (bicyclic) bond motifs is 1. The molecule has 1 aromatic carbocycles. The summed E-state index contributed by atoms with van der Waals surface area (Å²) in [5.74, 6) is -0.217. The number of nitro benzene ring substituents is 2. The fourth-order valence-corrected chi connectivity index (χ4v) is 4.09.